The molecule has 1 heterocycles. The summed E-state index contributed by atoms with van der Waals surface area (Å²) in [5, 5.41) is 11.0. The van der Waals surface area contributed by atoms with Crippen LogP contribution < -0.4 is 11.1 Å². The van der Waals surface area contributed by atoms with Crippen molar-refractivity contribution in [3.05, 3.63) is 35.7 Å². The molecule has 7 heteroatoms. The summed E-state index contributed by atoms with van der Waals surface area (Å²) in [7, 11) is 0. The highest BCUT2D eigenvalue weighted by Gasteiger charge is 2.22. The molecule has 1 unspecified atom stereocenters. The second kappa shape index (κ2) is 7.18. The van der Waals surface area contributed by atoms with E-state index in [1.807, 2.05) is 0 Å². The van der Waals surface area contributed by atoms with Gasteiger partial charge in [0.2, 0.25) is 5.91 Å². The van der Waals surface area contributed by atoms with Crippen molar-refractivity contribution in [3.63, 3.8) is 0 Å². The summed E-state index contributed by atoms with van der Waals surface area (Å²) in [4.78, 5) is 37.5. The Hall–Kier alpha value is -2.70. The largest absolute Gasteiger partial charge is 0.478 e. The van der Waals surface area contributed by atoms with Gasteiger partial charge in [0.15, 0.2) is 0 Å². The number of carbonyl (C=O) groups excluding carboxylic acids is 2. The quantitative estimate of drug-likeness (QED) is 0.655. The Balaban J connectivity index is 2.79. The van der Waals surface area contributed by atoms with Crippen LogP contribution in [0.5, 0.6) is 0 Å². The maximum atomic E-state index is 11.9. The van der Waals surface area contributed by atoms with Crippen LogP contribution in [0.2, 0.25) is 0 Å². The molecular formula is C14H17N3O4. The number of rotatable bonds is 6. The van der Waals surface area contributed by atoms with Crippen LogP contribution in [0.1, 0.15) is 29.9 Å². The van der Waals surface area contributed by atoms with Gasteiger partial charge in [-0.05, 0) is 23.6 Å². The Morgan fingerprint density at radius 1 is 1.33 bits per heavy atom. The fourth-order valence-corrected chi connectivity index (χ4v) is 1.59. The van der Waals surface area contributed by atoms with E-state index >= 15 is 0 Å². The molecule has 7 nitrogen and oxygen atoms in total. The van der Waals surface area contributed by atoms with Gasteiger partial charge in [0.05, 0.1) is 0 Å². The topological polar surface area (TPSA) is 122 Å². The lowest BCUT2D eigenvalue weighted by Crippen LogP contribution is -2.47. The number of nitrogens with one attached hydrogen (secondary N) is 1. The number of nitrogens with zero attached hydrogens (tertiary/aromatic N) is 1. The van der Waals surface area contributed by atoms with E-state index in [4.69, 9.17) is 10.8 Å². The SMILES string of the molecule is CC(C)C(NC(=O)c1ccc(/C=C/C(=O)O)cn1)C(N)=O. The molecule has 0 aliphatic heterocycles. The van der Waals surface area contributed by atoms with Gasteiger partial charge in [-0.3, -0.25) is 14.6 Å². The first kappa shape index (κ1) is 16.4. The molecule has 1 atom stereocenters. The summed E-state index contributed by atoms with van der Waals surface area (Å²) in [6.07, 6.45) is 3.69. The Morgan fingerprint density at radius 3 is 2.43 bits per heavy atom. The van der Waals surface area contributed by atoms with Crippen LogP contribution >= 0.6 is 0 Å². The standard InChI is InChI=1S/C14H17N3O4/c1-8(2)12(13(15)20)17-14(21)10-5-3-9(7-16-10)4-6-11(18)19/h3-8,12H,1-2H3,(H2,15,20)(H,17,21)(H,18,19)/b6-4+. The van der Waals surface area contributed by atoms with Crippen LogP contribution in [0.15, 0.2) is 24.4 Å². The van der Waals surface area contributed by atoms with Gasteiger partial charge in [-0.25, -0.2) is 4.79 Å². The average Bonchev–Trinajstić information content (AvgIpc) is 2.42. The third-order valence-electron chi connectivity index (χ3n) is 2.70. The third-order valence-corrected chi connectivity index (χ3v) is 2.70. The lowest BCUT2D eigenvalue weighted by Gasteiger charge is -2.18. The number of amides is 2. The van der Waals surface area contributed by atoms with Crippen molar-refractivity contribution in [2.75, 3.05) is 0 Å². The van der Waals surface area contributed by atoms with Crippen molar-refractivity contribution in [3.8, 4) is 0 Å². The highest BCUT2D eigenvalue weighted by atomic mass is 16.4. The molecular weight excluding hydrogens is 274 g/mol. The Bertz CT molecular complexity index is 564. The minimum Gasteiger partial charge on any atom is -0.478 e. The number of hydrogen-bond acceptors (Lipinski definition) is 4. The molecule has 21 heavy (non-hydrogen) atoms. The van der Waals surface area contributed by atoms with Crippen LogP contribution in [-0.4, -0.2) is 33.9 Å². The Morgan fingerprint density at radius 2 is 2.00 bits per heavy atom. The van der Waals surface area contributed by atoms with Crippen molar-refractivity contribution in [1.82, 2.24) is 10.3 Å². The molecule has 0 radical (unpaired) electrons. The molecule has 1 rings (SSSR count). The number of carboxylic acids is 1. The Labute approximate surface area is 121 Å². The number of carboxylic acid groups (broad SMARTS) is 1. The van der Waals surface area contributed by atoms with Crippen molar-refractivity contribution in [1.29, 1.82) is 0 Å². The van der Waals surface area contributed by atoms with Crippen molar-refractivity contribution in [2.24, 2.45) is 11.7 Å². The van der Waals surface area contributed by atoms with Gasteiger partial charge >= 0.3 is 5.97 Å². The van der Waals surface area contributed by atoms with Gasteiger partial charge < -0.3 is 16.2 Å². The second-order valence-electron chi connectivity index (χ2n) is 4.75. The van der Waals surface area contributed by atoms with Crippen LogP contribution in [0, 0.1) is 5.92 Å². The Kier molecular flexibility index (Phi) is 5.59. The van der Waals surface area contributed by atoms with Crippen LogP contribution in [0.4, 0.5) is 0 Å². The predicted molar refractivity (Wildman–Crippen MR) is 76.2 cm³/mol. The first-order valence-corrected chi connectivity index (χ1v) is 6.28. The number of nitrogens with two attached hydrogens (primary N) is 1. The first-order chi connectivity index (χ1) is 9.81. The number of aliphatic carboxylic acids is 1. The van der Waals surface area contributed by atoms with Crippen LogP contribution in [0.25, 0.3) is 6.08 Å². The fraction of sp³-hybridized carbons (Fsp3) is 0.286. The second-order valence-corrected chi connectivity index (χ2v) is 4.75. The highest BCUT2D eigenvalue weighted by molar-refractivity contribution is 5.96. The van der Waals surface area contributed by atoms with Gasteiger partial charge in [-0.2, -0.15) is 0 Å². The van der Waals surface area contributed by atoms with Gasteiger partial charge in [-0.15, -0.1) is 0 Å². The predicted octanol–water partition coefficient (Wildman–Crippen LogP) is 0.419. The number of aromatic nitrogens is 1. The molecule has 1 aromatic heterocycles. The molecule has 4 N–H and O–H groups in total. The molecule has 0 aromatic carbocycles. The number of carbonyl (C=O) groups is 3. The molecule has 0 saturated heterocycles. The minimum absolute atomic E-state index is 0.120. The van der Waals surface area contributed by atoms with E-state index < -0.39 is 23.8 Å². The lowest BCUT2D eigenvalue weighted by atomic mass is 10.0. The molecule has 112 valence electrons. The van der Waals surface area contributed by atoms with Crippen LogP contribution in [-0.2, 0) is 9.59 Å². The molecule has 0 bridgehead atoms. The summed E-state index contributed by atoms with van der Waals surface area (Å²) in [6.45, 7) is 3.53. The summed E-state index contributed by atoms with van der Waals surface area (Å²) < 4.78 is 0. The van der Waals surface area contributed by atoms with Gasteiger partial charge in [0, 0.05) is 12.3 Å². The fourth-order valence-electron chi connectivity index (χ4n) is 1.59. The molecule has 0 saturated carbocycles. The van der Waals surface area contributed by atoms with Gasteiger partial charge in [0.25, 0.3) is 5.91 Å². The van der Waals surface area contributed by atoms with E-state index in [0.717, 1.165) is 6.08 Å². The molecule has 1 aromatic rings. The van der Waals surface area contributed by atoms with E-state index in [1.54, 1.807) is 19.9 Å². The van der Waals surface area contributed by atoms with Gasteiger partial charge in [-0.1, -0.05) is 19.9 Å². The zero-order valence-electron chi connectivity index (χ0n) is 11.7. The van der Waals surface area contributed by atoms with Crippen molar-refractivity contribution >= 4 is 23.9 Å². The smallest absolute Gasteiger partial charge is 0.328 e. The normalized spacial score (nSPS) is 12.3. The first-order valence-electron chi connectivity index (χ1n) is 6.28. The molecule has 0 fully saturated rings. The van der Waals surface area contributed by atoms with E-state index in [1.165, 1.54) is 18.3 Å². The van der Waals surface area contributed by atoms with Crippen molar-refractivity contribution in [2.45, 2.75) is 19.9 Å². The maximum absolute atomic E-state index is 11.9. The number of pyridine rings is 1. The van der Waals surface area contributed by atoms with E-state index in [0.29, 0.717) is 5.56 Å². The van der Waals surface area contributed by atoms with Crippen molar-refractivity contribution < 1.29 is 19.5 Å². The summed E-state index contributed by atoms with van der Waals surface area (Å²) in [5.41, 5.74) is 5.88. The average molecular weight is 291 g/mol. The number of primary amides is 1. The summed E-state index contributed by atoms with van der Waals surface area (Å²) in [6, 6.07) is 2.22. The summed E-state index contributed by atoms with van der Waals surface area (Å²) >= 11 is 0. The summed E-state index contributed by atoms with van der Waals surface area (Å²) in [5.74, 6) is -2.33. The van der Waals surface area contributed by atoms with Gasteiger partial charge in [0.1, 0.15) is 11.7 Å². The third kappa shape index (κ3) is 5.06. The highest BCUT2D eigenvalue weighted by Crippen LogP contribution is 2.05. The molecule has 0 spiro atoms. The van der Waals surface area contributed by atoms with E-state index in [9.17, 15) is 14.4 Å². The zero-order chi connectivity index (χ0) is 16.0. The minimum atomic E-state index is -1.07. The zero-order valence-corrected chi connectivity index (χ0v) is 11.7. The molecule has 0 aliphatic rings. The number of hydrogen-bond donors (Lipinski definition) is 3. The van der Waals surface area contributed by atoms with Crippen LogP contribution in [0.3, 0.4) is 0 Å². The van der Waals surface area contributed by atoms with E-state index in [-0.39, 0.29) is 11.6 Å². The lowest BCUT2D eigenvalue weighted by molar-refractivity contribution is -0.131. The molecule has 2 amide bonds. The molecule has 0 aliphatic carbocycles. The maximum Gasteiger partial charge on any atom is 0.328 e. The van der Waals surface area contributed by atoms with E-state index in [2.05, 4.69) is 10.3 Å². The monoisotopic (exact) mass is 291 g/mol.